The zero-order chi connectivity index (χ0) is 12.0. The Morgan fingerprint density at radius 3 is 2.65 bits per heavy atom. The smallest absolute Gasteiger partial charge is 0.161 e. The van der Waals surface area contributed by atoms with E-state index in [-0.39, 0.29) is 0 Å². The van der Waals surface area contributed by atoms with Crippen LogP contribution in [0.15, 0.2) is 12.3 Å². The Bertz CT molecular complexity index is 572. The molecule has 0 saturated heterocycles. The van der Waals surface area contributed by atoms with Gasteiger partial charge in [0, 0.05) is 17.7 Å². The van der Waals surface area contributed by atoms with Gasteiger partial charge in [-0.3, -0.25) is 0 Å². The van der Waals surface area contributed by atoms with Crippen LogP contribution in [0.25, 0.3) is 5.82 Å². The molecule has 0 atom stereocenters. The quantitative estimate of drug-likeness (QED) is 0.768. The van der Waals surface area contributed by atoms with Gasteiger partial charge < -0.3 is 0 Å². The van der Waals surface area contributed by atoms with Gasteiger partial charge in [0.2, 0.25) is 0 Å². The fourth-order valence-corrected chi connectivity index (χ4v) is 1.95. The fourth-order valence-electron chi connectivity index (χ4n) is 1.77. The molecule has 0 bridgehead atoms. The Balaban J connectivity index is 2.13. The highest BCUT2D eigenvalue weighted by molar-refractivity contribution is 6.30. The normalized spacial score (nSPS) is 15.2. The summed E-state index contributed by atoms with van der Waals surface area (Å²) in [5.74, 6) is 2.13. The molecule has 0 radical (unpaired) electrons. The molecule has 0 N–H and O–H groups in total. The summed E-state index contributed by atoms with van der Waals surface area (Å²) in [4.78, 5) is 8.92. The molecule has 3 rings (SSSR count). The molecular formula is C12H13ClN4. The third kappa shape index (κ3) is 1.93. The summed E-state index contributed by atoms with van der Waals surface area (Å²) in [7, 11) is 0. The van der Waals surface area contributed by atoms with Crippen molar-refractivity contribution in [2.24, 2.45) is 0 Å². The lowest BCUT2D eigenvalue weighted by Gasteiger charge is -2.08. The van der Waals surface area contributed by atoms with Crippen molar-refractivity contribution in [1.82, 2.24) is 19.7 Å². The molecule has 0 unspecified atom stereocenters. The minimum absolute atomic E-state index is 0.489. The van der Waals surface area contributed by atoms with Crippen molar-refractivity contribution in [2.75, 3.05) is 0 Å². The molecule has 5 heteroatoms. The van der Waals surface area contributed by atoms with Crippen molar-refractivity contribution < 1.29 is 0 Å². The molecule has 88 valence electrons. The van der Waals surface area contributed by atoms with Gasteiger partial charge in [-0.25, -0.2) is 14.6 Å². The van der Waals surface area contributed by atoms with Crippen LogP contribution in [0.5, 0.6) is 0 Å². The van der Waals surface area contributed by atoms with Crippen molar-refractivity contribution in [3.8, 4) is 5.82 Å². The molecule has 2 aromatic heterocycles. The van der Waals surface area contributed by atoms with Crippen LogP contribution >= 0.6 is 11.6 Å². The maximum Gasteiger partial charge on any atom is 0.161 e. The van der Waals surface area contributed by atoms with Crippen LogP contribution in [0.2, 0.25) is 5.15 Å². The minimum atomic E-state index is 0.489. The molecule has 0 amide bonds. The zero-order valence-electron chi connectivity index (χ0n) is 9.81. The van der Waals surface area contributed by atoms with E-state index in [0.29, 0.717) is 11.1 Å². The SMILES string of the molecule is Cc1ccn(-c2nc(C3CC3)nc(Cl)c2C)n1. The van der Waals surface area contributed by atoms with E-state index in [1.165, 1.54) is 0 Å². The van der Waals surface area contributed by atoms with Crippen LogP contribution < -0.4 is 0 Å². The van der Waals surface area contributed by atoms with Gasteiger partial charge in [0.1, 0.15) is 11.0 Å². The van der Waals surface area contributed by atoms with E-state index in [4.69, 9.17) is 11.6 Å². The second-order valence-corrected chi connectivity index (χ2v) is 4.86. The van der Waals surface area contributed by atoms with E-state index >= 15 is 0 Å². The first-order chi connectivity index (χ1) is 8.15. The van der Waals surface area contributed by atoms with Gasteiger partial charge >= 0.3 is 0 Å². The van der Waals surface area contributed by atoms with Gasteiger partial charge in [-0.2, -0.15) is 5.10 Å². The highest BCUT2D eigenvalue weighted by Gasteiger charge is 2.28. The van der Waals surface area contributed by atoms with Crippen LogP contribution in [-0.2, 0) is 0 Å². The van der Waals surface area contributed by atoms with E-state index in [1.54, 1.807) is 4.68 Å². The molecule has 0 aromatic carbocycles. The average Bonchev–Trinajstić information content (AvgIpc) is 3.05. The lowest BCUT2D eigenvalue weighted by molar-refractivity contribution is 0.791. The Hall–Kier alpha value is -1.42. The van der Waals surface area contributed by atoms with E-state index < -0.39 is 0 Å². The fraction of sp³-hybridized carbons (Fsp3) is 0.417. The van der Waals surface area contributed by atoms with E-state index in [2.05, 4.69) is 15.1 Å². The Labute approximate surface area is 105 Å². The molecule has 1 aliphatic rings. The predicted molar refractivity (Wildman–Crippen MR) is 65.6 cm³/mol. The summed E-state index contributed by atoms with van der Waals surface area (Å²) in [6, 6.07) is 1.95. The molecule has 17 heavy (non-hydrogen) atoms. The van der Waals surface area contributed by atoms with Crippen LogP contribution in [-0.4, -0.2) is 19.7 Å². The van der Waals surface area contributed by atoms with Crippen LogP contribution in [0.4, 0.5) is 0 Å². The second kappa shape index (κ2) is 3.81. The molecule has 2 heterocycles. The van der Waals surface area contributed by atoms with Gasteiger partial charge in [-0.1, -0.05) is 11.6 Å². The molecule has 4 nitrogen and oxygen atoms in total. The molecule has 1 aliphatic carbocycles. The Morgan fingerprint density at radius 2 is 2.06 bits per heavy atom. The summed E-state index contributed by atoms with van der Waals surface area (Å²) >= 11 is 6.16. The van der Waals surface area contributed by atoms with Crippen molar-refractivity contribution in [3.05, 3.63) is 34.5 Å². The van der Waals surface area contributed by atoms with Gasteiger partial charge in [0.05, 0.1) is 5.69 Å². The topological polar surface area (TPSA) is 43.6 Å². The Morgan fingerprint density at radius 1 is 1.29 bits per heavy atom. The van der Waals surface area contributed by atoms with E-state index in [9.17, 15) is 0 Å². The number of nitrogens with zero attached hydrogens (tertiary/aromatic N) is 4. The van der Waals surface area contributed by atoms with Crippen LogP contribution in [0.1, 0.15) is 35.8 Å². The number of aromatic nitrogens is 4. The van der Waals surface area contributed by atoms with Crippen LogP contribution in [0.3, 0.4) is 0 Å². The summed E-state index contributed by atoms with van der Waals surface area (Å²) < 4.78 is 1.77. The summed E-state index contributed by atoms with van der Waals surface area (Å²) in [5, 5.41) is 4.90. The predicted octanol–water partition coefficient (Wildman–Crippen LogP) is 2.81. The molecule has 0 spiro atoms. The number of halogens is 1. The third-order valence-corrected chi connectivity index (χ3v) is 3.33. The molecule has 2 aromatic rings. The third-order valence-electron chi connectivity index (χ3n) is 2.96. The first-order valence-corrected chi connectivity index (χ1v) is 6.09. The largest absolute Gasteiger partial charge is 0.222 e. The minimum Gasteiger partial charge on any atom is -0.222 e. The first-order valence-electron chi connectivity index (χ1n) is 5.72. The Kier molecular flexibility index (Phi) is 2.40. The first kappa shape index (κ1) is 10.7. The van der Waals surface area contributed by atoms with Gasteiger partial charge in [-0.05, 0) is 32.8 Å². The van der Waals surface area contributed by atoms with Crippen molar-refractivity contribution in [2.45, 2.75) is 32.6 Å². The highest BCUT2D eigenvalue weighted by atomic mass is 35.5. The maximum atomic E-state index is 6.16. The number of hydrogen-bond donors (Lipinski definition) is 0. The van der Waals surface area contributed by atoms with Crippen molar-refractivity contribution in [3.63, 3.8) is 0 Å². The van der Waals surface area contributed by atoms with Crippen LogP contribution in [0, 0.1) is 13.8 Å². The average molecular weight is 249 g/mol. The molecule has 1 fully saturated rings. The number of hydrogen-bond acceptors (Lipinski definition) is 3. The van der Waals surface area contributed by atoms with E-state index in [1.807, 2.05) is 26.1 Å². The maximum absolute atomic E-state index is 6.16. The van der Waals surface area contributed by atoms with Crippen molar-refractivity contribution in [1.29, 1.82) is 0 Å². The highest BCUT2D eigenvalue weighted by Crippen LogP contribution is 2.39. The second-order valence-electron chi connectivity index (χ2n) is 4.50. The molecule has 1 saturated carbocycles. The number of aryl methyl sites for hydroxylation is 1. The molecular weight excluding hydrogens is 236 g/mol. The lowest BCUT2D eigenvalue weighted by Crippen LogP contribution is -2.06. The standard InChI is InChI=1S/C12H13ClN4/c1-7-5-6-17(16-7)12-8(2)10(13)14-11(15-12)9-3-4-9/h5-6,9H,3-4H2,1-2H3. The monoisotopic (exact) mass is 248 g/mol. The van der Waals surface area contributed by atoms with E-state index in [0.717, 1.165) is 35.7 Å². The lowest BCUT2D eigenvalue weighted by atomic mass is 10.3. The zero-order valence-corrected chi connectivity index (χ0v) is 10.6. The summed E-state index contributed by atoms with van der Waals surface area (Å²) in [5.41, 5.74) is 1.84. The van der Waals surface area contributed by atoms with Gasteiger partial charge in [0.25, 0.3) is 0 Å². The summed E-state index contributed by atoms with van der Waals surface area (Å²) in [6.07, 6.45) is 4.23. The van der Waals surface area contributed by atoms with Crippen molar-refractivity contribution >= 4 is 11.6 Å². The summed E-state index contributed by atoms with van der Waals surface area (Å²) in [6.45, 7) is 3.88. The molecule has 0 aliphatic heterocycles. The van der Waals surface area contributed by atoms with Gasteiger partial charge in [-0.15, -0.1) is 0 Å². The number of rotatable bonds is 2. The van der Waals surface area contributed by atoms with Gasteiger partial charge in [0.15, 0.2) is 5.82 Å².